The Labute approximate surface area is 150 Å². The zero-order valence-corrected chi connectivity index (χ0v) is 15.5. The van der Waals surface area contributed by atoms with Gasteiger partial charge in [-0.25, -0.2) is 0 Å². The van der Waals surface area contributed by atoms with Crippen molar-refractivity contribution in [2.45, 2.75) is 6.42 Å². The van der Waals surface area contributed by atoms with Crippen LogP contribution in [-0.2, 0) is 6.42 Å². The average molecular weight is 362 g/mol. The Morgan fingerprint density at radius 2 is 1.46 bits per heavy atom. The number of hydrogen-bond acceptors (Lipinski definition) is 2. The van der Waals surface area contributed by atoms with E-state index in [1.807, 2.05) is 22.7 Å². The minimum absolute atomic E-state index is 0.473. The fourth-order valence-corrected chi connectivity index (χ4v) is 8.46. The van der Waals surface area contributed by atoms with Crippen molar-refractivity contribution in [3.63, 3.8) is 0 Å². The first-order valence-electron chi connectivity index (χ1n) is 8.01. The molecule has 0 nitrogen and oxygen atoms in total. The van der Waals surface area contributed by atoms with Gasteiger partial charge in [-0.15, -0.1) is 22.7 Å². The standard InChI is InChI=1S/C21H15PS2/c1-2-7-15(8-3-1)22-20(18-11-5-13-23-18)16-9-4-10-17(16)21(22)19-12-6-14-24-19/h1-9,11-14H,10H2. The lowest BCUT2D eigenvalue weighted by atomic mass is 10.1. The SMILES string of the molecule is C1=Cc2c(c(-c3cccs3)p(-c3ccccc3)c2-c2cccs2)C1. The van der Waals surface area contributed by atoms with Crippen molar-refractivity contribution >= 4 is 36.3 Å². The molecule has 0 amide bonds. The predicted molar refractivity (Wildman–Crippen MR) is 110 cm³/mol. The second-order valence-corrected chi connectivity index (χ2v) is 9.80. The molecule has 0 saturated carbocycles. The molecule has 4 aromatic rings. The van der Waals surface area contributed by atoms with E-state index in [2.05, 4.69) is 77.5 Å². The normalized spacial score (nSPS) is 13.4. The maximum Gasteiger partial charge on any atom is 0.0392 e. The van der Waals surface area contributed by atoms with Crippen molar-refractivity contribution in [2.24, 2.45) is 0 Å². The van der Waals surface area contributed by atoms with Crippen LogP contribution < -0.4 is 0 Å². The van der Waals surface area contributed by atoms with Crippen LogP contribution in [0.25, 0.3) is 31.7 Å². The Kier molecular flexibility index (Phi) is 3.56. The quantitative estimate of drug-likeness (QED) is 0.350. The number of allylic oxidation sites excluding steroid dienone is 1. The molecule has 1 aromatic carbocycles. The number of rotatable bonds is 3. The van der Waals surface area contributed by atoms with Gasteiger partial charge in [-0.1, -0.05) is 62.2 Å². The van der Waals surface area contributed by atoms with E-state index in [0.717, 1.165) is 6.42 Å². The number of benzene rings is 1. The summed E-state index contributed by atoms with van der Waals surface area (Å²) in [6, 6.07) is 20.0. The molecule has 3 heterocycles. The Morgan fingerprint density at radius 3 is 2.12 bits per heavy atom. The van der Waals surface area contributed by atoms with Gasteiger partial charge in [-0.3, -0.25) is 0 Å². The molecule has 0 radical (unpaired) electrons. The highest BCUT2D eigenvalue weighted by molar-refractivity contribution is 7.64. The van der Waals surface area contributed by atoms with Crippen LogP contribution >= 0.6 is 30.2 Å². The van der Waals surface area contributed by atoms with Crippen LogP contribution in [0, 0.1) is 0 Å². The molecule has 3 heteroatoms. The summed E-state index contributed by atoms with van der Waals surface area (Å²) in [6.07, 6.45) is 5.75. The highest BCUT2D eigenvalue weighted by atomic mass is 32.1. The summed E-state index contributed by atoms with van der Waals surface area (Å²) in [4.78, 5) is 2.86. The van der Waals surface area contributed by atoms with Gasteiger partial charge in [0.1, 0.15) is 0 Å². The smallest absolute Gasteiger partial charge is 0.0392 e. The fraction of sp³-hybridized carbons (Fsp3) is 0.0476. The summed E-state index contributed by atoms with van der Waals surface area (Å²) >= 11 is 3.74. The molecular formula is C21H15PS2. The molecule has 1 aliphatic rings. The van der Waals surface area contributed by atoms with Crippen LogP contribution in [0.1, 0.15) is 11.1 Å². The van der Waals surface area contributed by atoms with Gasteiger partial charge < -0.3 is 0 Å². The summed E-state index contributed by atoms with van der Waals surface area (Å²) in [7, 11) is -0.473. The van der Waals surface area contributed by atoms with E-state index in [1.165, 1.54) is 20.6 Å². The van der Waals surface area contributed by atoms with E-state index in [4.69, 9.17) is 0 Å². The lowest BCUT2D eigenvalue weighted by Crippen LogP contribution is -1.78. The first-order chi connectivity index (χ1) is 11.9. The molecule has 0 N–H and O–H groups in total. The Bertz CT molecular complexity index is 1000. The molecule has 3 aromatic heterocycles. The molecule has 1 atom stereocenters. The van der Waals surface area contributed by atoms with Crippen molar-refractivity contribution in [1.29, 1.82) is 0 Å². The van der Waals surface area contributed by atoms with Gasteiger partial charge in [-0.2, -0.15) is 0 Å². The minimum Gasteiger partial charge on any atom is -0.143 e. The van der Waals surface area contributed by atoms with Crippen LogP contribution in [-0.4, -0.2) is 0 Å². The van der Waals surface area contributed by atoms with Gasteiger partial charge in [0.05, 0.1) is 0 Å². The molecule has 0 spiro atoms. The first kappa shape index (κ1) is 14.5. The molecule has 0 fully saturated rings. The Hall–Kier alpha value is -1.86. The number of thiophene rings is 2. The van der Waals surface area contributed by atoms with Crippen molar-refractivity contribution < 1.29 is 0 Å². The summed E-state index contributed by atoms with van der Waals surface area (Å²) in [6.45, 7) is 0. The zero-order valence-electron chi connectivity index (χ0n) is 13.0. The summed E-state index contributed by atoms with van der Waals surface area (Å²) in [5, 5.41) is 8.99. The lowest BCUT2D eigenvalue weighted by molar-refractivity contribution is 1.35. The summed E-state index contributed by atoms with van der Waals surface area (Å²) < 4.78 is 0. The highest BCUT2D eigenvalue weighted by Gasteiger charge is 2.27. The van der Waals surface area contributed by atoms with Crippen LogP contribution in [0.15, 0.2) is 71.4 Å². The van der Waals surface area contributed by atoms with Crippen LogP contribution in [0.5, 0.6) is 0 Å². The maximum absolute atomic E-state index is 2.35. The first-order valence-corrected chi connectivity index (χ1v) is 11.1. The molecule has 0 aliphatic heterocycles. The van der Waals surface area contributed by atoms with Crippen molar-refractivity contribution in [3.8, 4) is 25.6 Å². The van der Waals surface area contributed by atoms with Gasteiger partial charge in [0.15, 0.2) is 0 Å². The van der Waals surface area contributed by atoms with Crippen molar-refractivity contribution in [3.05, 3.63) is 82.6 Å². The average Bonchev–Trinajstić information content (AvgIpc) is 3.38. The summed E-state index contributed by atoms with van der Waals surface area (Å²) in [5.41, 5.74) is 3.03. The topological polar surface area (TPSA) is 0 Å². The molecule has 0 saturated heterocycles. The van der Waals surface area contributed by atoms with Gasteiger partial charge >= 0.3 is 0 Å². The third-order valence-electron chi connectivity index (χ3n) is 4.44. The maximum atomic E-state index is 2.35. The van der Waals surface area contributed by atoms with Gasteiger partial charge in [0.2, 0.25) is 0 Å². The summed E-state index contributed by atoms with van der Waals surface area (Å²) in [5.74, 6) is 0. The second kappa shape index (κ2) is 5.89. The van der Waals surface area contributed by atoms with E-state index in [1.54, 1.807) is 16.2 Å². The van der Waals surface area contributed by atoms with Crippen molar-refractivity contribution in [2.75, 3.05) is 0 Å². The predicted octanol–water partition coefficient (Wildman–Crippen LogP) is 7.69. The van der Waals surface area contributed by atoms with E-state index >= 15 is 0 Å². The minimum atomic E-state index is -0.473. The molecular weight excluding hydrogens is 347 g/mol. The second-order valence-electron chi connectivity index (χ2n) is 5.82. The van der Waals surface area contributed by atoms with E-state index < -0.39 is 7.53 Å². The van der Waals surface area contributed by atoms with Gasteiger partial charge in [0.25, 0.3) is 0 Å². The number of fused-ring (bicyclic) bond motifs is 1. The molecule has 24 heavy (non-hydrogen) atoms. The monoisotopic (exact) mass is 362 g/mol. The van der Waals surface area contributed by atoms with E-state index in [0.29, 0.717) is 0 Å². The van der Waals surface area contributed by atoms with Gasteiger partial charge in [0, 0.05) is 20.3 Å². The molecule has 116 valence electrons. The third-order valence-corrected chi connectivity index (χ3v) is 9.22. The van der Waals surface area contributed by atoms with E-state index in [9.17, 15) is 0 Å². The van der Waals surface area contributed by atoms with E-state index in [-0.39, 0.29) is 0 Å². The Balaban J connectivity index is 1.91. The van der Waals surface area contributed by atoms with Gasteiger partial charge in [-0.05, 0) is 45.7 Å². The largest absolute Gasteiger partial charge is 0.143 e. The van der Waals surface area contributed by atoms with Crippen LogP contribution in [0.2, 0.25) is 0 Å². The number of hydrogen-bond donors (Lipinski definition) is 0. The molecule has 1 aliphatic carbocycles. The highest BCUT2D eigenvalue weighted by Crippen LogP contribution is 2.63. The molecule has 1 unspecified atom stereocenters. The molecule has 0 bridgehead atoms. The molecule has 5 rings (SSSR count). The van der Waals surface area contributed by atoms with Crippen LogP contribution in [0.3, 0.4) is 0 Å². The zero-order chi connectivity index (χ0) is 15.9. The Morgan fingerprint density at radius 1 is 0.750 bits per heavy atom. The third kappa shape index (κ3) is 2.18. The fourth-order valence-electron chi connectivity index (χ4n) is 3.48. The van der Waals surface area contributed by atoms with Crippen LogP contribution in [0.4, 0.5) is 0 Å². The van der Waals surface area contributed by atoms with Crippen molar-refractivity contribution in [1.82, 2.24) is 0 Å². The lowest BCUT2D eigenvalue weighted by Gasteiger charge is -2.10.